The van der Waals surface area contributed by atoms with Gasteiger partial charge < -0.3 is 19.9 Å². The highest BCUT2D eigenvalue weighted by Crippen LogP contribution is 2.30. The summed E-state index contributed by atoms with van der Waals surface area (Å²) in [5.41, 5.74) is 1.84. The van der Waals surface area contributed by atoms with Crippen LogP contribution in [0.1, 0.15) is 11.6 Å². The summed E-state index contributed by atoms with van der Waals surface area (Å²) < 4.78 is 11.3. The quantitative estimate of drug-likeness (QED) is 0.834. The molecule has 2 N–H and O–H groups in total. The Balaban J connectivity index is 2.22. The average Bonchev–Trinajstić information content (AvgIpc) is 2.54. The van der Waals surface area contributed by atoms with Gasteiger partial charge in [0.05, 0.1) is 26.9 Å². The Bertz CT molecular complexity index is 587. The van der Waals surface area contributed by atoms with Crippen LogP contribution in [0.25, 0.3) is 0 Å². The Hall–Kier alpha value is -1.72. The van der Waals surface area contributed by atoms with Crippen LogP contribution in [0.3, 0.4) is 0 Å². The molecule has 0 saturated heterocycles. The van der Waals surface area contributed by atoms with E-state index in [0.717, 1.165) is 27.2 Å². The highest BCUT2D eigenvalue weighted by molar-refractivity contribution is 9.10. The third kappa shape index (κ3) is 3.89. The Kier molecular flexibility index (Phi) is 5.47. The van der Waals surface area contributed by atoms with Crippen molar-refractivity contribution in [2.75, 3.05) is 26.1 Å². The molecule has 0 aliphatic heterocycles. The van der Waals surface area contributed by atoms with Crippen LogP contribution >= 0.6 is 15.9 Å². The molecule has 0 radical (unpaired) electrons. The first kappa shape index (κ1) is 15.7. The number of halogens is 1. The number of hydrogen-bond donors (Lipinski definition) is 2. The fourth-order valence-electron chi connectivity index (χ4n) is 2.03. The lowest BCUT2D eigenvalue weighted by molar-refractivity contribution is 0.275. The maximum Gasteiger partial charge on any atom is 0.119 e. The Morgan fingerprint density at radius 2 is 1.67 bits per heavy atom. The zero-order valence-electron chi connectivity index (χ0n) is 12.0. The number of nitrogens with one attached hydrogen (secondary N) is 1. The third-order valence-electron chi connectivity index (χ3n) is 3.19. The molecule has 0 fully saturated rings. The van der Waals surface area contributed by atoms with E-state index >= 15 is 0 Å². The topological polar surface area (TPSA) is 50.7 Å². The maximum absolute atomic E-state index is 9.68. The summed E-state index contributed by atoms with van der Waals surface area (Å²) in [4.78, 5) is 0. The van der Waals surface area contributed by atoms with Crippen LogP contribution in [0.4, 0.5) is 5.69 Å². The van der Waals surface area contributed by atoms with Crippen molar-refractivity contribution >= 4 is 21.6 Å². The summed E-state index contributed by atoms with van der Waals surface area (Å²) >= 11 is 3.51. The second kappa shape index (κ2) is 7.33. The molecular formula is C16H18BrNO3. The predicted molar refractivity (Wildman–Crippen MR) is 87.1 cm³/mol. The van der Waals surface area contributed by atoms with E-state index in [1.165, 1.54) is 0 Å². The van der Waals surface area contributed by atoms with E-state index in [1.54, 1.807) is 14.2 Å². The molecule has 0 amide bonds. The fraction of sp³-hybridized carbons (Fsp3) is 0.250. The van der Waals surface area contributed by atoms with Crippen molar-refractivity contribution in [2.24, 2.45) is 0 Å². The highest BCUT2D eigenvalue weighted by Gasteiger charge is 2.14. The van der Waals surface area contributed by atoms with E-state index < -0.39 is 0 Å². The second-order valence-corrected chi connectivity index (χ2v) is 5.35. The number of benzene rings is 2. The summed E-state index contributed by atoms with van der Waals surface area (Å²) in [5, 5.41) is 13.0. The van der Waals surface area contributed by atoms with Gasteiger partial charge >= 0.3 is 0 Å². The molecule has 0 bridgehead atoms. The van der Waals surface area contributed by atoms with Crippen LogP contribution < -0.4 is 14.8 Å². The molecule has 5 heteroatoms. The SMILES string of the molecule is COc1ccc(NC(CO)c2cc(OC)ccc2Br)cc1. The van der Waals surface area contributed by atoms with E-state index in [4.69, 9.17) is 9.47 Å². The van der Waals surface area contributed by atoms with Crippen LogP contribution in [0, 0.1) is 0 Å². The van der Waals surface area contributed by atoms with Crippen LogP contribution in [-0.2, 0) is 0 Å². The van der Waals surface area contributed by atoms with Crippen molar-refractivity contribution in [3.63, 3.8) is 0 Å². The van der Waals surface area contributed by atoms with Crippen LogP contribution in [0.2, 0.25) is 0 Å². The Labute approximate surface area is 132 Å². The van der Waals surface area contributed by atoms with Gasteiger partial charge in [0.2, 0.25) is 0 Å². The number of rotatable bonds is 6. The lowest BCUT2D eigenvalue weighted by Gasteiger charge is -2.20. The summed E-state index contributed by atoms with van der Waals surface area (Å²) in [6.45, 7) is -0.0300. The van der Waals surface area contributed by atoms with Crippen LogP contribution in [0.5, 0.6) is 11.5 Å². The van der Waals surface area contributed by atoms with Gasteiger partial charge in [-0.2, -0.15) is 0 Å². The number of aliphatic hydroxyl groups is 1. The van der Waals surface area contributed by atoms with Crippen molar-refractivity contribution in [1.29, 1.82) is 0 Å². The van der Waals surface area contributed by atoms with Crippen molar-refractivity contribution in [1.82, 2.24) is 0 Å². The normalized spacial score (nSPS) is 11.8. The maximum atomic E-state index is 9.68. The minimum Gasteiger partial charge on any atom is -0.497 e. The first-order valence-corrected chi connectivity index (χ1v) is 7.32. The fourth-order valence-corrected chi connectivity index (χ4v) is 2.55. The van der Waals surface area contributed by atoms with Crippen molar-refractivity contribution in [2.45, 2.75) is 6.04 Å². The molecule has 2 aromatic carbocycles. The van der Waals surface area contributed by atoms with Gasteiger partial charge in [-0.25, -0.2) is 0 Å². The van der Waals surface area contributed by atoms with Crippen LogP contribution in [-0.4, -0.2) is 25.9 Å². The zero-order chi connectivity index (χ0) is 15.2. The van der Waals surface area contributed by atoms with E-state index in [1.807, 2.05) is 42.5 Å². The lowest BCUT2D eigenvalue weighted by atomic mass is 10.1. The standard InChI is InChI=1S/C16H18BrNO3/c1-20-12-5-3-11(4-6-12)18-16(10-19)14-9-13(21-2)7-8-15(14)17/h3-9,16,18-19H,10H2,1-2H3. The molecule has 0 heterocycles. The van der Waals surface area contributed by atoms with Crippen LogP contribution in [0.15, 0.2) is 46.9 Å². The monoisotopic (exact) mass is 351 g/mol. The minimum absolute atomic E-state index is 0.0300. The number of hydrogen-bond acceptors (Lipinski definition) is 4. The first-order valence-electron chi connectivity index (χ1n) is 6.52. The molecule has 1 atom stereocenters. The molecule has 4 nitrogen and oxygen atoms in total. The number of methoxy groups -OCH3 is 2. The van der Waals surface area contributed by atoms with Gasteiger partial charge in [0.25, 0.3) is 0 Å². The minimum atomic E-state index is -0.233. The first-order chi connectivity index (χ1) is 10.2. The summed E-state index contributed by atoms with van der Waals surface area (Å²) in [7, 11) is 3.25. The summed E-state index contributed by atoms with van der Waals surface area (Å²) in [6.07, 6.45) is 0. The molecule has 112 valence electrons. The summed E-state index contributed by atoms with van der Waals surface area (Å²) in [5.74, 6) is 1.55. The van der Waals surface area contributed by atoms with Crippen molar-refractivity contribution < 1.29 is 14.6 Å². The van der Waals surface area contributed by atoms with E-state index in [9.17, 15) is 5.11 Å². The highest BCUT2D eigenvalue weighted by atomic mass is 79.9. The van der Waals surface area contributed by atoms with Crippen molar-refractivity contribution in [3.8, 4) is 11.5 Å². The van der Waals surface area contributed by atoms with E-state index in [0.29, 0.717) is 0 Å². The van der Waals surface area contributed by atoms with E-state index in [-0.39, 0.29) is 12.6 Å². The average molecular weight is 352 g/mol. The van der Waals surface area contributed by atoms with Crippen molar-refractivity contribution in [3.05, 3.63) is 52.5 Å². The predicted octanol–water partition coefficient (Wildman–Crippen LogP) is 3.61. The van der Waals surface area contributed by atoms with E-state index in [2.05, 4.69) is 21.2 Å². The van der Waals surface area contributed by atoms with Gasteiger partial charge in [-0.15, -0.1) is 0 Å². The molecule has 0 aliphatic carbocycles. The lowest BCUT2D eigenvalue weighted by Crippen LogP contribution is -2.15. The van der Waals surface area contributed by atoms with Gasteiger partial charge in [0.15, 0.2) is 0 Å². The molecule has 2 rings (SSSR count). The molecule has 0 aromatic heterocycles. The number of ether oxygens (including phenoxy) is 2. The largest absolute Gasteiger partial charge is 0.497 e. The van der Waals surface area contributed by atoms with Gasteiger partial charge in [-0.05, 0) is 48.0 Å². The summed E-state index contributed by atoms with van der Waals surface area (Å²) in [6, 6.07) is 13.0. The Morgan fingerprint density at radius 3 is 2.24 bits per heavy atom. The van der Waals surface area contributed by atoms with Gasteiger partial charge in [0, 0.05) is 10.2 Å². The Morgan fingerprint density at radius 1 is 1.05 bits per heavy atom. The van der Waals surface area contributed by atoms with Gasteiger partial charge in [0.1, 0.15) is 11.5 Å². The molecular weight excluding hydrogens is 334 g/mol. The molecule has 21 heavy (non-hydrogen) atoms. The molecule has 1 unspecified atom stereocenters. The molecule has 0 saturated carbocycles. The second-order valence-electron chi connectivity index (χ2n) is 4.50. The number of anilines is 1. The zero-order valence-corrected chi connectivity index (χ0v) is 13.6. The molecule has 2 aromatic rings. The van der Waals surface area contributed by atoms with Gasteiger partial charge in [-0.3, -0.25) is 0 Å². The molecule has 0 aliphatic rings. The smallest absolute Gasteiger partial charge is 0.119 e. The molecule has 0 spiro atoms. The third-order valence-corrected chi connectivity index (χ3v) is 3.91. The van der Waals surface area contributed by atoms with Gasteiger partial charge in [-0.1, -0.05) is 15.9 Å². The number of aliphatic hydroxyl groups excluding tert-OH is 1.